The largest absolute Gasteiger partial charge is 0.383 e. The second kappa shape index (κ2) is 11.0. The Kier molecular flexibility index (Phi) is 10.6. The van der Waals surface area contributed by atoms with Crippen LogP contribution in [0.4, 0.5) is 0 Å². The lowest BCUT2D eigenvalue weighted by atomic mass is 10.1. The van der Waals surface area contributed by atoms with Crippen molar-refractivity contribution in [1.82, 2.24) is 10.6 Å². The van der Waals surface area contributed by atoms with Gasteiger partial charge in [0.1, 0.15) is 0 Å². The van der Waals surface area contributed by atoms with E-state index in [2.05, 4.69) is 46.8 Å². The summed E-state index contributed by atoms with van der Waals surface area (Å²) in [5.41, 5.74) is 1.32. The standard InChI is InChI=1S/C14H23N3O.HI/c1-12(11-18-3)17-14(15-2)16-10-9-13-7-5-4-6-8-13;/h4-8,12H,9-11H2,1-3H3,(H2,15,16,17);1H. The molecular weight excluding hydrogens is 353 g/mol. The zero-order chi connectivity index (χ0) is 13.2. The summed E-state index contributed by atoms with van der Waals surface area (Å²) in [5, 5.41) is 6.56. The molecular formula is C14H24IN3O. The van der Waals surface area contributed by atoms with E-state index in [1.165, 1.54) is 5.56 Å². The molecule has 0 saturated carbocycles. The zero-order valence-corrected chi connectivity index (χ0v) is 14.2. The Morgan fingerprint density at radius 1 is 1.32 bits per heavy atom. The molecule has 0 radical (unpaired) electrons. The number of hydrogen-bond acceptors (Lipinski definition) is 2. The van der Waals surface area contributed by atoms with Crippen molar-refractivity contribution < 1.29 is 4.74 Å². The van der Waals surface area contributed by atoms with Crippen LogP contribution in [0.2, 0.25) is 0 Å². The Bertz CT molecular complexity index is 357. The number of rotatable bonds is 6. The summed E-state index contributed by atoms with van der Waals surface area (Å²) in [7, 11) is 3.47. The van der Waals surface area contributed by atoms with E-state index in [1.807, 2.05) is 6.07 Å². The first-order valence-electron chi connectivity index (χ1n) is 6.26. The van der Waals surface area contributed by atoms with Crippen LogP contribution in [0.15, 0.2) is 35.3 Å². The SMILES string of the molecule is CN=C(NCCc1ccccc1)NC(C)COC.I. The van der Waals surface area contributed by atoms with Crippen molar-refractivity contribution in [2.45, 2.75) is 19.4 Å². The highest BCUT2D eigenvalue weighted by atomic mass is 127. The number of hydrogen-bond donors (Lipinski definition) is 2. The fourth-order valence-electron chi connectivity index (χ4n) is 1.69. The predicted octanol–water partition coefficient (Wildman–Crippen LogP) is 2.05. The molecule has 19 heavy (non-hydrogen) atoms. The lowest BCUT2D eigenvalue weighted by molar-refractivity contribution is 0.179. The van der Waals surface area contributed by atoms with Crippen LogP contribution in [0.25, 0.3) is 0 Å². The van der Waals surface area contributed by atoms with Gasteiger partial charge in [0.25, 0.3) is 0 Å². The number of nitrogens with one attached hydrogen (secondary N) is 2. The summed E-state index contributed by atoms with van der Waals surface area (Å²) in [6.45, 7) is 3.59. The number of guanidine groups is 1. The minimum atomic E-state index is 0. The third-order valence-corrected chi connectivity index (χ3v) is 2.57. The van der Waals surface area contributed by atoms with E-state index in [4.69, 9.17) is 4.74 Å². The van der Waals surface area contributed by atoms with Crippen molar-refractivity contribution in [2.75, 3.05) is 27.3 Å². The van der Waals surface area contributed by atoms with E-state index >= 15 is 0 Å². The van der Waals surface area contributed by atoms with Gasteiger partial charge in [-0.05, 0) is 18.9 Å². The molecule has 0 aliphatic rings. The van der Waals surface area contributed by atoms with Crippen molar-refractivity contribution in [1.29, 1.82) is 0 Å². The van der Waals surface area contributed by atoms with Gasteiger partial charge in [0.05, 0.1) is 6.61 Å². The van der Waals surface area contributed by atoms with Crippen LogP contribution in [-0.2, 0) is 11.2 Å². The van der Waals surface area contributed by atoms with Crippen molar-refractivity contribution in [3.63, 3.8) is 0 Å². The lowest BCUT2D eigenvalue weighted by Gasteiger charge is -2.17. The third-order valence-electron chi connectivity index (χ3n) is 2.57. The molecule has 5 heteroatoms. The fourth-order valence-corrected chi connectivity index (χ4v) is 1.69. The van der Waals surface area contributed by atoms with E-state index in [0.29, 0.717) is 6.61 Å². The lowest BCUT2D eigenvalue weighted by Crippen LogP contribution is -2.44. The van der Waals surface area contributed by atoms with Crippen LogP contribution >= 0.6 is 24.0 Å². The van der Waals surface area contributed by atoms with Gasteiger partial charge in [-0.15, -0.1) is 24.0 Å². The maximum absolute atomic E-state index is 5.08. The van der Waals surface area contributed by atoms with Gasteiger partial charge in [-0.1, -0.05) is 30.3 Å². The van der Waals surface area contributed by atoms with Crippen molar-refractivity contribution >= 4 is 29.9 Å². The van der Waals surface area contributed by atoms with Crippen LogP contribution in [0.1, 0.15) is 12.5 Å². The fraction of sp³-hybridized carbons (Fsp3) is 0.500. The maximum Gasteiger partial charge on any atom is 0.191 e. The zero-order valence-electron chi connectivity index (χ0n) is 11.8. The first kappa shape index (κ1) is 18.2. The molecule has 1 aromatic carbocycles. The monoisotopic (exact) mass is 377 g/mol. The van der Waals surface area contributed by atoms with Gasteiger partial charge in [0.15, 0.2) is 5.96 Å². The van der Waals surface area contributed by atoms with E-state index in [9.17, 15) is 0 Å². The number of nitrogens with zero attached hydrogens (tertiary/aromatic N) is 1. The van der Waals surface area contributed by atoms with Crippen LogP contribution < -0.4 is 10.6 Å². The summed E-state index contributed by atoms with van der Waals surface area (Å²) in [6.07, 6.45) is 0.986. The molecule has 1 aromatic rings. The topological polar surface area (TPSA) is 45.7 Å². The number of halogens is 1. The summed E-state index contributed by atoms with van der Waals surface area (Å²) < 4.78 is 5.08. The molecule has 0 spiro atoms. The predicted molar refractivity (Wildman–Crippen MR) is 91.4 cm³/mol. The van der Waals surface area contributed by atoms with Crippen molar-refractivity contribution in [3.05, 3.63) is 35.9 Å². The van der Waals surface area contributed by atoms with Crippen LogP contribution in [-0.4, -0.2) is 39.3 Å². The Balaban J connectivity index is 0.00000324. The van der Waals surface area contributed by atoms with Crippen molar-refractivity contribution in [2.24, 2.45) is 4.99 Å². The van der Waals surface area contributed by atoms with Crippen molar-refractivity contribution in [3.8, 4) is 0 Å². The molecule has 0 aliphatic carbocycles. The normalized spacial score (nSPS) is 12.5. The molecule has 1 rings (SSSR count). The summed E-state index contributed by atoms with van der Waals surface area (Å²) in [5.74, 6) is 0.815. The Hall–Kier alpha value is -0.820. The van der Waals surface area contributed by atoms with Gasteiger partial charge in [0.2, 0.25) is 0 Å². The van der Waals surface area contributed by atoms with Crippen LogP contribution in [0.3, 0.4) is 0 Å². The Morgan fingerprint density at radius 2 is 2.00 bits per heavy atom. The molecule has 0 saturated heterocycles. The molecule has 2 N–H and O–H groups in total. The summed E-state index contributed by atoms with van der Waals surface area (Å²) >= 11 is 0. The molecule has 1 unspecified atom stereocenters. The van der Waals surface area contributed by atoms with E-state index in [0.717, 1.165) is 18.9 Å². The number of benzene rings is 1. The summed E-state index contributed by atoms with van der Waals surface area (Å²) in [6, 6.07) is 10.7. The first-order chi connectivity index (χ1) is 8.76. The highest BCUT2D eigenvalue weighted by Crippen LogP contribution is 1.98. The second-order valence-corrected chi connectivity index (χ2v) is 4.24. The van der Waals surface area contributed by atoms with Gasteiger partial charge < -0.3 is 15.4 Å². The maximum atomic E-state index is 5.08. The number of methoxy groups -OCH3 is 1. The Morgan fingerprint density at radius 3 is 2.58 bits per heavy atom. The average Bonchev–Trinajstić information content (AvgIpc) is 2.39. The molecule has 0 bridgehead atoms. The smallest absolute Gasteiger partial charge is 0.191 e. The summed E-state index contributed by atoms with van der Waals surface area (Å²) in [4.78, 5) is 4.18. The highest BCUT2D eigenvalue weighted by molar-refractivity contribution is 14.0. The molecule has 0 fully saturated rings. The molecule has 0 heterocycles. The Labute approximate surface area is 133 Å². The average molecular weight is 377 g/mol. The molecule has 0 aliphatic heterocycles. The van der Waals surface area contributed by atoms with Crippen LogP contribution in [0.5, 0.6) is 0 Å². The molecule has 108 valence electrons. The minimum Gasteiger partial charge on any atom is -0.383 e. The minimum absolute atomic E-state index is 0. The molecule has 4 nitrogen and oxygen atoms in total. The van der Waals surface area contributed by atoms with E-state index in [-0.39, 0.29) is 30.0 Å². The van der Waals surface area contributed by atoms with E-state index < -0.39 is 0 Å². The van der Waals surface area contributed by atoms with Gasteiger partial charge in [-0.25, -0.2) is 0 Å². The molecule has 0 amide bonds. The third kappa shape index (κ3) is 8.05. The van der Waals surface area contributed by atoms with Gasteiger partial charge >= 0.3 is 0 Å². The van der Waals surface area contributed by atoms with Gasteiger partial charge in [0, 0.05) is 26.7 Å². The van der Waals surface area contributed by atoms with E-state index in [1.54, 1.807) is 14.2 Å². The molecule has 0 aromatic heterocycles. The molecule has 1 atom stereocenters. The first-order valence-corrected chi connectivity index (χ1v) is 6.26. The quantitative estimate of drug-likeness (QED) is 0.453. The van der Waals surface area contributed by atoms with Gasteiger partial charge in [-0.2, -0.15) is 0 Å². The highest BCUT2D eigenvalue weighted by Gasteiger charge is 2.03. The number of aliphatic imine (C=N–C) groups is 1. The second-order valence-electron chi connectivity index (χ2n) is 4.24. The number of ether oxygens (including phenoxy) is 1. The van der Waals surface area contributed by atoms with Gasteiger partial charge in [-0.3, -0.25) is 4.99 Å². The van der Waals surface area contributed by atoms with Crippen LogP contribution in [0, 0.1) is 0 Å².